The molecule has 384 valence electrons. The molecule has 1 aliphatic carbocycles. The van der Waals surface area contributed by atoms with E-state index in [9.17, 15) is 29.1 Å². The normalized spacial score (nSPS) is 38.8. The third kappa shape index (κ3) is 14.5. The number of hydrogen-bond donors (Lipinski definition) is 1. The van der Waals surface area contributed by atoms with Crippen molar-refractivity contribution in [3.63, 3.8) is 0 Å². The minimum absolute atomic E-state index is 0.0166. The van der Waals surface area contributed by atoms with E-state index in [-0.39, 0.29) is 72.9 Å². The lowest BCUT2D eigenvalue weighted by Crippen LogP contribution is -2.57. The fourth-order valence-electron chi connectivity index (χ4n) is 10.7. The van der Waals surface area contributed by atoms with Crippen molar-refractivity contribution in [1.29, 1.82) is 0 Å². The monoisotopic (exact) mass is 964 g/mol. The number of carbonyl (C=O) groups is 5. The van der Waals surface area contributed by atoms with Gasteiger partial charge in [0, 0.05) is 40.2 Å². The van der Waals surface area contributed by atoms with Crippen LogP contribution in [0.25, 0.3) is 0 Å². The van der Waals surface area contributed by atoms with E-state index in [0.29, 0.717) is 56.9 Å². The van der Waals surface area contributed by atoms with Crippen LogP contribution >= 0.6 is 0 Å². The molecule has 69 heavy (non-hydrogen) atoms. The van der Waals surface area contributed by atoms with Crippen LogP contribution in [0.2, 0.25) is 0 Å². The van der Waals surface area contributed by atoms with E-state index in [1.54, 1.807) is 45.2 Å². The first-order valence-electron chi connectivity index (χ1n) is 25.3. The summed E-state index contributed by atoms with van der Waals surface area (Å²) in [5, 5.41) is 23.5. The molecule has 0 aromatic carbocycles. The van der Waals surface area contributed by atoms with Crippen molar-refractivity contribution in [3.05, 3.63) is 53.9 Å². The number of aliphatic hydroxyl groups is 1. The van der Waals surface area contributed by atoms with E-state index in [2.05, 4.69) is 22.4 Å². The molecule has 1 amide bonds. The number of tetrazole rings is 1. The number of piperidine rings is 1. The highest BCUT2D eigenvalue weighted by atomic mass is 16.6. The van der Waals surface area contributed by atoms with Gasteiger partial charge in [-0.15, -0.1) is 5.10 Å². The van der Waals surface area contributed by atoms with Crippen molar-refractivity contribution in [2.24, 2.45) is 35.5 Å². The lowest BCUT2D eigenvalue weighted by atomic mass is 9.77. The number of cyclic esters (lactones) is 1. The molecule has 5 rings (SSSR count). The van der Waals surface area contributed by atoms with Gasteiger partial charge in [0.25, 0.3) is 11.7 Å². The van der Waals surface area contributed by atoms with Crippen molar-refractivity contribution in [1.82, 2.24) is 25.1 Å². The van der Waals surface area contributed by atoms with Gasteiger partial charge in [-0.25, -0.2) is 9.48 Å². The fraction of sp³-hybridized carbons (Fsp3) is 0.736. The molecule has 3 aliphatic heterocycles. The number of Topliss-reactive ketones (excluding diaryl/α,β-unsaturated/α-hetero) is 3. The Bertz CT molecular complexity index is 2010. The highest BCUT2D eigenvalue weighted by molar-refractivity contribution is 6.39. The van der Waals surface area contributed by atoms with Gasteiger partial charge in [0.2, 0.25) is 0 Å². The van der Waals surface area contributed by atoms with Crippen molar-refractivity contribution >= 4 is 29.2 Å². The second kappa shape index (κ2) is 25.8. The number of hydrogen-bond acceptors (Lipinski definition) is 14. The molecule has 0 radical (unpaired) electrons. The number of fused-ring (bicyclic) bond motifs is 3. The number of esters is 1. The maximum atomic E-state index is 14.5. The lowest BCUT2D eigenvalue weighted by Gasteiger charge is -2.38. The van der Waals surface area contributed by atoms with Gasteiger partial charge in [-0.3, -0.25) is 19.2 Å². The molecule has 0 spiro atoms. The summed E-state index contributed by atoms with van der Waals surface area (Å²) < 4.78 is 32.0. The molecular formula is C53H81N5O11. The van der Waals surface area contributed by atoms with Crippen LogP contribution in [0.15, 0.2) is 53.9 Å². The standard InChI is InChI=1S/C53H81N5O11/c1-32-17-13-12-14-18-34(3)43(65-9)25-33(2)20-21-38(7)53(8,64)50(61)51(62)57-24-16-15-19-41(57)52(63)69-44(36(5)28-39-22-23-40(45(29-39)66-10)58-31-54-55-56-58)30-42(59)35(4)27-37(6)48-49(67-11)47(60)46(26-32)68-48/h12-14,17-18,27,31-33,35-36,38-41,43-46,48-49,64H,15-16,19-26,28-30H2,1-11H3/b14-12+,17-13+,34-18+,37-27+/t32-,33+,35-,36-,38?,39?,40?,41?,43+,44+,45?,46?,48-,49?,53?/m1/s1. The molecule has 15 atom stereocenters. The van der Waals surface area contributed by atoms with Gasteiger partial charge in [0.05, 0.1) is 18.2 Å². The molecule has 1 aromatic rings. The van der Waals surface area contributed by atoms with E-state index >= 15 is 0 Å². The van der Waals surface area contributed by atoms with Gasteiger partial charge in [-0.1, -0.05) is 77.5 Å². The average molecular weight is 964 g/mol. The number of aromatic nitrogens is 4. The Kier molecular flexibility index (Phi) is 20.8. The zero-order chi connectivity index (χ0) is 50.6. The van der Waals surface area contributed by atoms with Crippen molar-refractivity contribution < 1.29 is 52.8 Å². The number of ketones is 3. The van der Waals surface area contributed by atoms with Gasteiger partial charge in [-0.05, 0) is 136 Å². The predicted molar refractivity (Wildman–Crippen MR) is 259 cm³/mol. The van der Waals surface area contributed by atoms with Crippen molar-refractivity contribution in [2.45, 2.75) is 187 Å². The Balaban J connectivity index is 1.43. The Morgan fingerprint density at radius 1 is 0.884 bits per heavy atom. The molecule has 1 N–H and O–H groups in total. The summed E-state index contributed by atoms with van der Waals surface area (Å²) in [7, 11) is 4.84. The van der Waals surface area contributed by atoms with Gasteiger partial charge >= 0.3 is 5.97 Å². The summed E-state index contributed by atoms with van der Waals surface area (Å²) in [5.74, 6) is -3.98. The molecule has 8 unspecified atom stereocenters. The van der Waals surface area contributed by atoms with E-state index < -0.39 is 65.6 Å². The first kappa shape index (κ1) is 55.7. The number of nitrogens with zero attached hydrogens (tertiary/aromatic N) is 5. The fourth-order valence-corrected chi connectivity index (χ4v) is 10.7. The molecule has 4 aliphatic rings. The summed E-state index contributed by atoms with van der Waals surface area (Å²) >= 11 is 0. The molecular weight excluding hydrogens is 883 g/mol. The maximum absolute atomic E-state index is 14.5. The predicted octanol–water partition coefficient (Wildman–Crippen LogP) is 7.12. The topological polar surface area (TPSA) is 199 Å². The minimum atomic E-state index is -1.98. The van der Waals surface area contributed by atoms with Crippen LogP contribution in [0.1, 0.15) is 138 Å². The SMILES string of the molecule is COC1CC(C[C@@H](C)[C@@H]2CC(=O)[C@H](C)/C=C(\C)[C@H]3OC(C[C@H](C)/C=C/C=C/C=C(\C)[C@@H](OC)C[C@@H](C)CCC(C)C(C)(O)C(=O)C(=O)N4CCCCC4C(=O)O2)C(=O)C3OC)CCC1n1cnnn1. The highest BCUT2D eigenvalue weighted by Gasteiger charge is 2.47. The second-order valence-electron chi connectivity index (χ2n) is 20.9. The number of rotatable bonds is 7. The average Bonchev–Trinajstić information content (AvgIpc) is 3.98. The van der Waals surface area contributed by atoms with Crippen molar-refractivity contribution in [3.8, 4) is 0 Å². The van der Waals surface area contributed by atoms with Crippen LogP contribution < -0.4 is 0 Å². The molecule has 1 aromatic heterocycles. The quantitative estimate of drug-likeness (QED) is 0.165. The zero-order valence-electron chi connectivity index (χ0n) is 43.1. The van der Waals surface area contributed by atoms with E-state index in [4.69, 9.17) is 23.7 Å². The van der Waals surface area contributed by atoms with E-state index in [0.717, 1.165) is 18.4 Å². The first-order chi connectivity index (χ1) is 32.8. The Morgan fingerprint density at radius 3 is 2.32 bits per heavy atom. The Morgan fingerprint density at radius 2 is 1.64 bits per heavy atom. The highest BCUT2D eigenvalue weighted by Crippen LogP contribution is 2.39. The summed E-state index contributed by atoms with van der Waals surface area (Å²) in [5.41, 5.74) is -0.252. The number of methoxy groups -OCH3 is 3. The van der Waals surface area contributed by atoms with Gasteiger partial charge in [0.15, 0.2) is 5.78 Å². The smallest absolute Gasteiger partial charge is 0.329 e. The summed E-state index contributed by atoms with van der Waals surface area (Å²) in [6.07, 6.45) is 16.6. The minimum Gasteiger partial charge on any atom is -0.460 e. The number of allylic oxidation sites excluding steroid dienone is 6. The molecule has 16 nitrogen and oxygen atoms in total. The molecule has 2 bridgehead atoms. The van der Waals surface area contributed by atoms with Gasteiger partial charge in [0.1, 0.15) is 48.2 Å². The van der Waals surface area contributed by atoms with Crippen LogP contribution in [-0.2, 0) is 47.7 Å². The second-order valence-corrected chi connectivity index (χ2v) is 20.9. The summed E-state index contributed by atoms with van der Waals surface area (Å²) in [4.78, 5) is 71.9. The summed E-state index contributed by atoms with van der Waals surface area (Å²) in [6.45, 7) is 15.1. The van der Waals surface area contributed by atoms with Crippen molar-refractivity contribution in [2.75, 3.05) is 27.9 Å². The van der Waals surface area contributed by atoms with Crippen LogP contribution in [0.5, 0.6) is 0 Å². The molecule has 1 saturated carbocycles. The van der Waals surface area contributed by atoms with Gasteiger partial charge < -0.3 is 33.7 Å². The number of amides is 1. The molecule has 4 heterocycles. The third-order valence-corrected chi connectivity index (χ3v) is 15.5. The van der Waals surface area contributed by atoms with Crippen LogP contribution in [-0.4, -0.2) is 136 Å². The van der Waals surface area contributed by atoms with Gasteiger partial charge in [-0.2, -0.15) is 0 Å². The largest absolute Gasteiger partial charge is 0.460 e. The zero-order valence-corrected chi connectivity index (χ0v) is 43.1. The van der Waals surface area contributed by atoms with Crippen LogP contribution in [0.4, 0.5) is 0 Å². The third-order valence-electron chi connectivity index (χ3n) is 15.5. The van der Waals surface area contributed by atoms with Crippen LogP contribution in [0.3, 0.4) is 0 Å². The first-order valence-corrected chi connectivity index (χ1v) is 25.3. The number of ether oxygens (including phenoxy) is 5. The number of carbonyl (C=O) groups excluding carboxylic acids is 5. The van der Waals surface area contributed by atoms with E-state index in [1.807, 2.05) is 58.1 Å². The Hall–Kier alpha value is -4.22. The molecule has 16 heteroatoms. The van der Waals surface area contributed by atoms with Crippen LogP contribution in [0, 0.1) is 35.5 Å². The maximum Gasteiger partial charge on any atom is 0.329 e. The summed E-state index contributed by atoms with van der Waals surface area (Å²) in [6, 6.07) is -1.10. The Labute approximate surface area is 410 Å². The molecule has 2 saturated heterocycles. The molecule has 3 fully saturated rings. The lowest BCUT2D eigenvalue weighted by molar-refractivity contribution is -0.169. The van der Waals surface area contributed by atoms with E-state index in [1.165, 1.54) is 18.9 Å².